The van der Waals surface area contributed by atoms with E-state index in [4.69, 9.17) is 11.6 Å². The maximum atomic E-state index is 6.53. The van der Waals surface area contributed by atoms with Crippen molar-refractivity contribution in [2.24, 2.45) is 5.92 Å². The van der Waals surface area contributed by atoms with Gasteiger partial charge in [-0.25, -0.2) is 0 Å². The van der Waals surface area contributed by atoms with E-state index in [2.05, 4.69) is 56.1 Å². The van der Waals surface area contributed by atoms with Crippen molar-refractivity contribution in [2.45, 2.75) is 59.0 Å². The van der Waals surface area contributed by atoms with Crippen molar-refractivity contribution in [3.63, 3.8) is 0 Å². The fraction of sp³-hybridized carbons (Fsp3) is 0.667. The molecule has 1 aromatic rings. The van der Waals surface area contributed by atoms with Crippen molar-refractivity contribution in [1.82, 2.24) is 5.32 Å². The molecule has 0 aromatic heterocycles. The Morgan fingerprint density at radius 3 is 2.71 bits per heavy atom. The number of nitrogens with zero attached hydrogens (tertiary/aromatic N) is 1. The fourth-order valence-corrected chi connectivity index (χ4v) is 3.22. The summed E-state index contributed by atoms with van der Waals surface area (Å²) in [6.45, 7) is 12.0. The van der Waals surface area contributed by atoms with Crippen LogP contribution >= 0.6 is 11.6 Å². The molecule has 1 aliphatic rings. The first kappa shape index (κ1) is 16.6. The highest BCUT2D eigenvalue weighted by atomic mass is 35.5. The SMILES string of the molecule is CCC1CCCN(c2ccc(CNC(C)(C)C)cc2Cl)C1. The van der Waals surface area contributed by atoms with Crippen LogP contribution in [0.3, 0.4) is 0 Å². The van der Waals surface area contributed by atoms with Gasteiger partial charge in [-0.05, 0) is 57.2 Å². The quantitative estimate of drug-likeness (QED) is 0.855. The third-order valence-electron chi connectivity index (χ3n) is 4.27. The average Bonchev–Trinajstić information content (AvgIpc) is 2.44. The van der Waals surface area contributed by atoms with E-state index in [0.29, 0.717) is 0 Å². The predicted octanol–water partition coefficient (Wildman–Crippen LogP) is 4.85. The van der Waals surface area contributed by atoms with E-state index in [-0.39, 0.29) is 5.54 Å². The zero-order chi connectivity index (χ0) is 15.5. The van der Waals surface area contributed by atoms with E-state index >= 15 is 0 Å². The second-order valence-electron chi connectivity index (χ2n) is 7.25. The Morgan fingerprint density at radius 2 is 2.10 bits per heavy atom. The molecule has 21 heavy (non-hydrogen) atoms. The minimum Gasteiger partial charge on any atom is -0.370 e. The van der Waals surface area contributed by atoms with E-state index < -0.39 is 0 Å². The van der Waals surface area contributed by atoms with Crippen molar-refractivity contribution >= 4 is 17.3 Å². The molecule has 1 heterocycles. The highest BCUT2D eigenvalue weighted by molar-refractivity contribution is 6.33. The number of hydrogen-bond donors (Lipinski definition) is 1. The van der Waals surface area contributed by atoms with Crippen molar-refractivity contribution in [2.75, 3.05) is 18.0 Å². The summed E-state index contributed by atoms with van der Waals surface area (Å²) in [6, 6.07) is 6.51. The maximum Gasteiger partial charge on any atom is 0.0642 e. The molecule has 1 unspecified atom stereocenters. The van der Waals surface area contributed by atoms with E-state index in [0.717, 1.165) is 30.6 Å². The molecule has 0 spiro atoms. The van der Waals surface area contributed by atoms with Crippen LogP contribution in [0.5, 0.6) is 0 Å². The van der Waals surface area contributed by atoms with Crippen molar-refractivity contribution < 1.29 is 0 Å². The number of nitrogens with one attached hydrogen (secondary N) is 1. The highest BCUT2D eigenvalue weighted by Crippen LogP contribution is 2.31. The van der Waals surface area contributed by atoms with Crippen LogP contribution in [0.2, 0.25) is 5.02 Å². The van der Waals surface area contributed by atoms with Gasteiger partial charge >= 0.3 is 0 Å². The molecule has 1 fully saturated rings. The van der Waals surface area contributed by atoms with Crippen LogP contribution < -0.4 is 10.2 Å². The summed E-state index contributed by atoms with van der Waals surface area (Å²) in [7, 11) is 0. The van der Waals surface area contributed by atoms with Gasteiger partial charge in [0.05, 0.1) is 10.7 Å². The first-order valence-corrected chi connectivity index (χ1v) is 8.55. The van der Waals surface area contributed by atoms with Gasteiger partial charge in [0, 0.05) is 25.2 Å². The first-order chi connectivity index (χ1) is 9.89. The topological polar surface area (TPSA) is 15.3 Å². The molecule has 0 saturated carbocycles. The normalized spacial score (nSPS) is 19.9. The van der Waals surface area contributed by atoms with Crippen LogP contribution in [0.1, 0.15) is 52.5 Å². The van der Waals surface area contributed by atoms with Gasteiger partial charge in [-0.2, -0.15) is 0 Å². The Kier molecular flexibility index (Phi) is 5.56. The standard InChI is InChI=1S/C18H29ClN2/c1-5-14-7-6-10-21(13-14)17-9-8-15(11-16(17)19)12-20-18(2,3)4/h8-9,11,14,20H,5-7,10,12-13H2,1-4H3. The number of piperidine rings is 1. The molecule has 0 aliphatic carbocycles. The number of hydrogen-bond acceptors (Lipinski definition) is 2. The first-order valence-electron chi connectivity index (χ1n) is 8.17. The molecule has 2 rings (SSSR count). The third kappa shape index (κ3) is 4.89. The molecular formula is C18H29ClN2. The second kappa shape index (κ2) is 7.02. The molecule has 0 radical (unpaired) electrons. The average molecular weight is 309 g/mol. The van der Waals surface area contributed by atoms with Crippen LogP contribution in [0.4, 0.5) is 5.69 Å². The van der Waals surface area contributed by atoms with Crippen LogP contribution in [0, 0.1) is 5.92 Å². The Morgan fingerprint density at radius 1 is 1.33 bits per heavy atom. The second-order valence-corrected chi connectivity index (χ2v) is 7.66. The zero-order valence-electron chi connectivity index (χ0n) is 13.9. The predicted molar refractivity (Wildman–Crippen MR) is 93.3 cm³/mol. The van der Waals surface area contributed by atoms with Gasteiger partial charge in [0.15, 0.2) is 0 Å². The monoisotopic (exact) mass is 308 g/mol. The minimum absolute atomic E-state index is 0.131. The molecule has 3 heteroatoms. The van der Waals surface area contributed by atoms with Gasteiger partial charge in [-0.3, -0.25) is 0 Å². The van der Waals surface area contributed by atoms with E-state index in [1.807, 2.05) is 0 Å². The number of halogens is 1. The molecule has 0 bridgehead atoms. The molecule has 1 atom stereocenters. The fourth-order valence-electron chi connectivity index (χ4n) is 2.90. The molecule has 2 nitrogen and oxygen atoms in total. The smallest absolute Gasteiger partial charge is 0.0642 e. The summed E-state index contributed by atoms with van der Waals surface area (Å²) >= 11 is 6.53. The van der Waals surface area contributed by atoms with E-state index in [9.17, 15) is 0 Å². The lowest BCUT2D eigenvalue weighted by molar-refractivity contribution is 0.404. The Labute approximate surface area is 134 Å². The maximum absolute atomic E-state index is 6.53. The summed E-state index contributed by atoms with van der Waals surface area (Å²) < 4.78 is 0. The Bertz CT molecular complexity index is 465. The highest BCUT2D eigenvalue weighted by Gasteiger charge is 2.20. The lowest BCUT2D eigenvalue weighted by Crippen LogP contribution is -2.36. The van der Waals surface area contributed by atoms with Gasteiger partial charge in [0.1, 0.15) is 0 Å². The van der Waals surface area contributed by atoms with Gasteiger partial charge in [-0.15, -0.1) is 0 Å². The van der Waals surface area contributed by atoms with Crippen LogP contribution in [-0.2, 0) is 6.54 Å². The van der Waals surface area contributed by atoms with E-state index in [1.54, 1.807) is 0 Å². The number of anilines is 1. The number of rotatable bonds is 4. The molecule has 1 aliphatic heterocycles. The minimum atomic E-state index is 0.131. The molecular weight excluding hydrogens is 280 g/mol. The largest absolute Gasteiger partial charge is 0.370 e. The summed E-state index contributed by atoms with van der Waals surface area (Å²) in [6.07, 6.45) is 3.90. The van der Waals surface area contributed by atoms with Crippen LogP contribution in [0.25, 0.3) is 0 Å². The lowest BCUT2D eigenvalue weighted by atomic mass is 9.95. The van der Waals surface area contributed by atoms with Gasteiger partial charge < -0.3 is 10.2 Å². The molecule has 118 valence electrons. The Balaban J connectivity index is 2.05. The molecule has 1 N–H and O–H groups in total. The zero-order valence-corrected chi connectivity index (χ0v) is 14.6. The van der Waals surface area contributed by atoms with Gasteiger partial charge in [0.2, 0.25) is 0 Å². The van der Waals surface area contributed by atoms with Crippen LogP contribution in [-0.4, -0.2) is 18.6 Å². The summed E-state index contributed by atoms with van der Waals surface area (Å²) in [5.74, 6) is 0.817. The summed E-state index contributed by atoms with van der Waals surface area (Å²) in [5.41, 5.74) is 2.59. The van der Waals surface area contributed by atoms with Crippen molar-refractivity contribution in [1.29, 1.82) is 0 Å². The lowest BCUT2D eigenvalue weighted by Gasteiger charge is -2.34. The summed E-state index contributed by atoms with van der Waals surface area (Å²) in [5, 5.41) is 4.40. The Hall–Kier alpha value is -0.730. The van der Waals surface area contributed by atoms with Crippen molar-refractivity contribution in [3.05, 3.63) is 28.8 Å². The summed E-state index contributed by atoms with van der Waals surface area (Å²) in [4.78, 5) is 2.46. The molecule has 0 amide bonds. The van der Waals surface area contributed by atoms with Crippen molar-refractivity contribution in [3.8, 4) is 0 Å². The molecule has 1 aromatic carbocycles. The number of benzene rings is 1. The van der Waals surface area contributed by atoms with Gasteiger partial charge in [-0.1, -0.05) is 31.0 Å². The van der Waals surface area contributed by atoms with Gasteiger partial charge in [0.25, 0.3) is 0 Å². The third-order valence-corrected chi connectivity index (χ3v) is 4.57. The van der Waals surface area contributed by atoms with Crippen LogP contribution in [0.15, 0.2) is 18.2 Å². The molecule has 1 saturated heterocycles. The van der Waals surface area contributed by atoms with E-state index in [1.165, 1.54) is 30.5 Å².